The molecule has 1 unspecified atom stereocenters. The summed E-state index contributed by atoms with van der Waals surface area (Å²) >= 11 is 6.76. The Labute approximate surface area is 168 Å². The van der Waals surface area contributed by atoms with Crippen LogP contribution in [0.1, 0.15) is 37.2 Å². The Bertz CT molecular complexity index is 943. The number of amides is 2. The molecule has 2 aromatic rings. The smallest absolute Gasteiger partial charge is 0.415 e. The van der Waals surface area contributed by atoms with Crippen LogP contribution in [0.3, 0.4) is 0 Å². The van der Waals surface area contributed by atoms with Gasteiger partial charge in [-0.25, -0.2) is 4.79 Å². The lowest BCUT2D eigenvalue weighted by atomic mass is 9.89. The minimum absolute atomic E-state index is 0.105. The topological polar surface area (TPSA) is 58.6 Å². The zero-order chi connectivity index (χ0) is 19.3. The fourth-order valence-electron chi connectivity index (χ4n) is 4.29. The van der Waals surface area contributed by atoms with E-state index >= 15 is 0 Å². The molecule has 0 bridgehead atoms. The molecule has 2 saturated heterocycles. The number of hydrogen-bond donors (Lipinski definition) is 1. The summed E-state index contributed by atoms with van der Waals surface area (Å²) in [6.45, 7) is 1.11. The van der Waals surface area contributed by atoms with Crippen LogP contribution in [0.25, 0.3) is 11.1 Å². The molecule has 2 amide bonds. The van der Waals surface area contributed by atoms with Gasteiger partial charge in [-0.2, -0.15) is 0 Å². The van der Waals surface area contributed by atoms with Gasteiger partial charge < -0.3 is 10.1 Å². The maximum absolute atomic E-state index is 12.1. The molecule has 5 rings (SSSR count). The van der Waals surface area contributed by atoms with Crippen molar-refractivity contribution >= 4 is 29.3 Å². The van der Waals surface area contributed by atoms with Crippen molar-refractivity contribution in [2.24, 2.45) is 0 Å². The van der Waals surface area contributed by atoms with Gasteiger partial charge in [0.2, 0.25) is 5.91 Å². The summed E-state index contributed by atoms with van der Waals surface area (Å²) in [5.74, 6) is 0.339. The molecule has 2 aliphatic heterocycles. The van der Waals surface area contributed by atoms with Gasteiger partial charge >= 0.3 is 6.09 Å². The first-order valence-corrected chi connectivity index (χ1v) is 10.1. The molecule has 6 heteroatoms. The standard InChI is InChI=1S/C22H21ClN2O3/c23-20-17(2-1-3-18(20)15-6-9-19(26)24-12-15)14-4-7-16(8-5-14)25-21(27)28-13-22(25)10-11-22/h1-5,7-8,15H,6,9-13H2,(H,24,26). The first-order chi connectivity index (χ1) is 13.6. The monoisotopic (exact) mass is 396 g/mol. The van der Waals surface area contributed by atoms with Crippen LogP contribution in [0.5, 0.6) is 0 Å². The lowest BCUT2D eigenvalue weighted by Crippen LogP contribution is -2.35. The Morgan fingerprint density at radius 2 is 1.89 bits per heavy atom. The highest BCUT2D eigenvalue weighted by Gasteiger charge is 2.57. The van der Waals surface area contributed by atoms with E-state index in [0.29, 0.717) is 19.6 Å². The predicted molar refractivity (Wildman–Crippen MR) is 108 cm³/mol. The highest BCUT2D eigenvalue weighted by molar-refractivity contribution is 6.34. The van der Waals surface area contributed by atoms with E-state index in [1.165, 1.54) is 0 Å². The number of nitrogens with zero attached hydrogens (tertiary/aromatic N) is 1. The van der Waals surface area contributed by atoms with Crippen molar-refractivity contribution in [3.05, 3.63) is 53.1 Å². The molecule has 2 aromatic carbocycles. The second-order valence-electron chi connectivity index (χ2n) is 7.91. The second-order valence-corrected chi connectivity index (χ2v) is 8.29. The zero-order valence-corrected chi connectivity index (χ0v) is 16.2. The average Bonchev–Trinajstić information content (AvgIpc) is 3.41. The van der Waals surface area contributed by atoms with Crippen LogP contribution in [0.2, 0.25) is 5.02 Å². The second kappa shape index (κ2) is 6.52. The van der Waals surface area contributed by atoms with Gasteiger partial charge in [0.05, 0.1) is 10.6 Å². The van der Waals surface area contributed by atoms with E-state index in [1.54, 1.807) is 4.90 Å². The molecule has 28 heavy (non-hydrogen) atoms. The molecule has 144 valence electrons. The van der Waals surface area contributed by atoms with Gasteiger partial charge in [-0.3, -0.25) is 9.69 Å². The van der Waals surface area contributed by atoms with Crippen LogP contribution in [0.4, 0.5) is 10.5 Å². The van der Waals surface area contributed by atoms with Gasteiger partial charge in [0.1, 0.15) is 6.61 Å². The summed E-state index contributed by atoms with van der Waals surface area (Å²) in [7, 11) is 0. The third kappa shape index (κ3) is 2.85. The Morgan fingerprint density at radius 3 is 2.57 bits per heavy atom. The molecule has 1 N–H and O–H groups in total. The molecule has 1 saturated carbocycles. The number of ether oxygens (including phenoxy) is 1. The van der Waals surface area contributed by atoms with E-state index in [1.807, 2.05) is 42.5 Å². The predicted octanol–water partition coefficient (Wildman–Crippen LogP) is 4.49. The SMILES string of the molecule is O=C1CCC(c2cccc(-c3ccc(N4C(=O)OCC45CC5)cc3)c2Cl)CN1. The number of cyclic esters (lactones) is 1. The third-order valence-corrected chi connectivity index (χ3v) is 6.54. The van der Waals surface area contributed by atoms with Crippen molar-refractivity contribution in [3.8, 4) is 11.1 Å². The van der Waals surface area contributed by atoms with Crippen molar-refractivity contribution in [1.82, 2.24) is 5.32 Å². The van der Waals surface area contributed by atoms with Crippen LogP contribution in [-0.4, -0.2) is 30.7 Å². The van der Waals surface area contributed by atoms with Gasteiger partial charge in [0, 0.05) is 30.1 Å². The molecule has 0 radical (unpaired) electrons. The minimum atomic E-state index is -0.260. The quantitative estimate of drug-likeness (QED) is 0.831. The van der Waals surface area contributed by atoms with E-state index in [0.717, 1.165) is 46.7 Å². The van der Waals surface area contributed by atoms with Crippen LogP contribution in [-0.2, 0) is 9.53 Å². The third-order valence-electron chi connectivity index (χ3n) is 6.12. The number of rotatable bonds is 3. The van der Waals surface area contributed by atoms with E-state index in [2.05, 4.69) is 5.32 Å². The van der Waals surface area contributed by atoms with Crippen LogP contribution < -0.4 is 10.2 Å². The van der Waals surface area contributed by atoms with Gasteiger partial charge in [-0.15, -0.1) is 0 Å². The number of anilines is 1. The summed E-state index contributed by atoms with van der Waals surface area (Å²) in [5.41, 5.74) is 3.79. The van der Waals surface area contributed by atoms with Crippen molar-refractivity contribution in [1.29, 1.82) is 0 Å². The van der Waals surface area contributed by atoms with Crippen LogP contribution >= 0.6 is 11.6 Å². The first-order valence-electron chi connectivity index (χ1n) is 9.70. The summed E-state index contributed by atoms with van der Waals surface area (Å²) in [6.07, 6.45) is 3.07. The molecule has 2 heterocycles. The Hall–Kier alpha value is -2.53. The van der Waals surface area contributed by atoms with Gasteiger partial charge in [0.25, 0.3) is 0 Å². The van der Waals surface area contributed by atoms with Crippen LogP contribution in [0.15, 0.2) is 42.5 Å². The van der Waals surface area contributed by atoms with E-state index < -0.39 is 0 Å². The van der Waals surface area contributed by atoms with E-state index in [9.17, 15) is 9.59 Å². The van der Waals surface area contributed by atoms with Gasteiger partial charge in [-0.1, -0.05) is 41.9 Å². The van der Waals surface area contributed by atoms with Crippen molar-refractivity contribution in [2.45, 2.75) is 37.1 Å². The fraction of sp³-hybridized carbons (Fsp3) is 0.364. The zero-order valence-electron chi connectivity index (χ0n) is 15.4. The normalized spacial score (nSPS) is 22.9. The number of carbonyl (C=O) groups excluding carboxylic acids is 2. The molecular formula is C22H21ClN2O3. The molecule has 1 atom stereocenters. The minimum Gasteiger partial charge on any atom is -0.447 e. The van der Waals surface area contributed by atoms with Crippen molar-refractivity contribution < 1.29 is 14.3 Å². The number of piperidine rings is 1. The van der Waals surface area contributed by atoms with E-state index in [-0.39, 0.29) is 23.5 Å². The number of benzene rings is 2. The Kier molecular flexibility index (Phi) is 4.09. The summed E-state index contributed by atoms with van der Waals surface area (Å²) in [4.78, 5) is 25.4. The first kappa shape index (κ1) is 17.6. The maximum Gasteiger partial charge on any atom is 0.415 e. The van der Waals surface area contributed by atoms with Gasteiger partial charge in [0.15, 0.2) is 0 Å². The van der Waals surface area contributed by atoms with Crippen LogP contribution in [0, 0.1) is 0 Å². The number of halogens is 1. The number of carbonyl (C=O) groups is 2. The lowest BCUT2D eigenvalue weighted by molar-refractivity contribution is -0.122. The molecule has 0 aromatic heterocycles. The largest absolute Gasteiger partial charge is 0.447 e. The molecule has 5 nitrogen and oxygen atoms in total. The lowest BCUT2D eigenvalue weighted by Gasteiger charge is -2.24. The summed E-state index contributed by atoms with van der Waals surface area (Å²) in [5, 5.41) is 3.66. The Balaban J connectivity index is 1.43. The van der Waals surface area contributed by atoms with Gasteiger partial charge in [-0.05, 0) is 42.5 Å². The Morgan fingerprint density at radius 1 is 1.11 bits per heavy atom. The molecular weight excluding hydrogens is 376 g/mol. The number of hydrogen-bond acceptors (Lipinski definition) is 3. The highest BCUT2D eigenvalue weighted by Crippen LogP contribution is 2.48. The summed E-state index contributed by atoms with van der Waals surface area (Å²) < 4.78 is 5.26. The van der Waals surface area contributed by atoms with E-state index in [4.69, 9.17) is 16.3 Å². The average molecular weight is 397 g/mol. The maximum atomic E-state index is 12.1. The molecule has 1 spiro atoms. The van der Waals surface area contributed by atoms with Crippen molar-refractivity contribution in [3.63, 3.8) is 0 Å². The number of nitrogens with one attached hydrogen (secondary N) is 1. The summed E-state index contributed by atoms with van der Waals surface area (Å²) in [6, 6.07) is 14.0. The highest BCUT2D eigenvalue weighted by atomic mass is 35.5. The molecule has 3 aliphatic rings. The fourth-order valence-corrected chi connectivity index (χ4v) is 4.68. The molecule has 1 aliphatic carbocycles. The van der Waals surface area contributed by atoms with Crippen molar-refractivity contribution in [2.75, 3.05) is 18.1 Å². The molecule has 3 fully saturated rings.